The molecule has 126 valence electrons. The van der Waals surface area contributed by atoms with Crippen LogP contribution in [0.15, 0.2) is 64.5 Å². The average Bonchev–Trinajstić information content (AvgIpc) is 2.90. The topological polar surface area (TPSA) is 63.5 Å². The summed E-state index contributed by atoms with van der Waals surface area (Å²) in [6, 6.07) is 14.0. The predicted molar refractivity (Wildman–Crippen MR) is 96.4 cm³/mol. The Balaban J connectivity index is 1.77. The Morgan fingerprint density at radius 2 is 1.84 bits per heavy atom. The fraction of sp³-hybridized carbons (Fsp3) is 0. The number of hydrogen-bond donors (Lipinski definition) is 1. The van der Waals surface area contributed by atoms with Gasteiger partial charge in [0.15, 0.2) is 0 Å². The Bertz CT molecular complexity index is 981. The van der Waals surface area contributed by atoms with Gasteiger partial charge in [0.2, 0.25) is 0 Å². The second kappa shape index (κ2) is 7.42. The van der Waals surface area contributed by atoms with Crippen molar-refractivity contribution in [1.82, 2.24) is 9.99 Å². The Morgan fingerprint density at radius 1 is 1.16 bits per heavy atom. The molecule has 0 atom stereocenters. The molecular weight excluding hydrogens is 365 g/mol. The monoisotopic (exact) mass is 375 g/mol. The van der Waals surface area contributed by atoms with Crippen LogP contribution in [0.4, 0.5) is 4.39 Å². The highest BCUT2D eigenvalue weighted by Crippen LogP contribution is 2.20. The summed E-state index contributed by atoms with van der Waals surface area (Å²) in [5.74, 6) is -0.930. The quantitative estimate of drug-likeness (QED) is 0.560. The minimum absolute atomic E-state index is 0.209. The fourth-order valence-corrected chi connectivity index (χ4v) is 3.21. The van der Waals surface area contributed by atoms with Crippen LogP contribution in [0.5, 0.6) is 0 Å². The van der Waals surface area contributed by atoms with Gasteiger partial charge in [-0.25, -0.2) is 9.82 Å². The second-order valence-electron chi connectivity index (χ2n) is 4.90. The largest absolute Gasteiger partial charge is 0.313 e. The highest BCUT2D eigenvalue weighted by Gasteiger charge is 2.13. The molecule has 0 saturated heterocycles. The molecule has 3 aromatic rings. The first-order chi connectivity index (χ1) is 12.1. The molecule has 0 aliphatic carbocycles. The van der Waals surface area contributed by atoms with Crippen molar-refractivity contribution >= 4 is 35.1 Å². The minimum Gasteiger partial charge on any atom is -0.267 e. The summed E-state index contributed by atoms with van der Waals surface area (Å²) in [6.07, 6.45) is 1.30. The van der Waals surface area contributed by atoms with Gasteiger partial charge in [-0.05, 0) is 36.4 Å². The molecule has 1 N–H and O–H groups in total. The van der Waals surface area contributed by atoms with Crippen LogP contribution in [0.1, 0.15) is 15.2 Å². The third kappa shape index (κ3) is 3.84. The summed E-state index contributed by atoms with van der Waals surface area (Å²) in [4.78, 5) is 24.2. The van der Waals surface area contributed by atoms with Crippen LogP contribution in [-0.4, -0.2) is 16.7 Å². The second-order valence-corrected chi connectivity index (χ2v) is 6.25. The van der Waals surface area contributed by atoms with Crippen molar-refractivity contribution in [3.05, 3.63) is 85.7 Å². The van der Waals surface area contributed by atoms with Gasteiger partial charge < -0.3 is 0 Å². The van der Waals surface area contributed by atoms with Crippen LogP contribution in [-0.2, 0) is 0 Å². The lowest BCUT2D eigenvalue weighted by atomic mass is 10.2. The number of nitrogens with one attached hydrogen (secondary N) is 1. The van der Waals surface area contributed by atoms with Crippen molar-refractivity contribution in [1.29, 1.82) is 0 Å². The standard InChI is InChI=1S/C17H11ClFN3O2S/c18-15-14(25-17(24)22(15)13-4-2-1-3-5-13)10-20-21-16(23)11-6-8-12(19)9-7-11/h1-10H,(H,21,23). The number of hydrazone groups is 1. The number of thiazole rings is 1. The summed E-state index contributed by atoms with van der Waals surface area (Å²) < 4.78 is 14.2. The SMILES string of the molecule is O=C(NN=Cc1sc(=O)n(-c2ccccc2)c1Cl)c1ccc(F)cc1. The van der Waals surface area contributed by atoms with Crippen molar-refractivity contribution in [2.45, 2.75) is 0 Å². The first-order valence-electron chi connectivity index (χ1n) is 7.12. The number of rotatable bonds is 4. The maximum atomic E-state index is 12.8. The molecule has 5 nitrogen and oxygen atoms in total. The van der Waals surface area contributed by atoms with E-state index >= 15 is 0 Å². The van der Waals surface area contributed by atoms with Gasteiger partial charge in [-0.2, -0.15) is 5.10 Å². The van der Waals surface area contributed by atoms with Gasteiger partial charge in [0.05, 0.1) is 16.8 Å². The molecule has 0 aliphatic heterocycles. The third-order valence-electron chi connectivity index (χ3n) is 3.25. The molecule has 8 heteroatoms. The molecule has 1 amide bonds. The highest BCUT2D eigenvalue weighted by molar-refractivity contribution is 7.11. The number of hydrogen-bond acceptors (Lipinski definition) is 4. The molecule has 0 saturated carbocycles. The molecule has 1 aromatic heterocycles. The Labute approximate surface area is 151 Å². The van der Waals surface area contributed by atoms with Crippen molar-refractivity contribution < 1.29 is 9.18 Å². The lowest BCUT2D eigenvalue weighted by molar-refractivity contribution is 0.0955. The fourth-order valence-electron chi connectivity index (χ4n) is 2.06. The molecule has 3 rings (SSSR count). The van der Waals surface area contributed by atoms with Crippen LogP contribution >= 0.6 is 22.9 Å². The van der Waals surface area contributed by atoms with E-state index in [2.05, 4.69) is 10.5 Å². The zero-order valence-corrected chi connectivity index (χ0v) is 14.2. The van der Waals surface area contributed by atoms with Gasteiger partial charge in [-0.3, -0.25) is 14.2 Å². The van der Waals surface area contributed by atoms with E-state index in [1.54, 1.807) is 24.3 Å². The number of carbonyl (C=O) groups is 1. The van der Waals surface area contributed by atoms with Crippen LogP contribution in [0.3, 0.4) is 0 Å². The summed E-state index contributed by atoms with van der Waals surface area (Å²) in [6.45, 7) is 0. The molecule has 1 heterocycles. The predicted octanol–water partition coefficient (Wildman–Crippen LogP) is 3.46. The summed E-state index contributed by atoms with van der Waals surface area (Å²) in [5.41, 5.74) is 3.21. The Morgan fingerprint density at radius 3 is 2.52 bits per heavy atom. The molecular formula is C17H11ClFN3O2S. The van der Waals surface area contributed by atoms with Crippen molar-refractivity contribution in [3.8, 4) is 5.69 Å². The van der Waals surface area contributed by atoms with Crippen LogP contribution < -0.4 is 10.3 Å². The smallest absolute Gasteiger partial charge is 0.267 e. The van der Waals surface area contributed by atoms with Crippen LogP contribution in [0.25, 0.3) is 5.69 Å². The molecule has 2 aromatic carbocycles. The highest BCUT2D eigenvalue weighted by atomic mass is 35.5. The molecule has 0 fully saturated rings. The van der Waals surface area contributed by atoms with Crippen molar-refractivity contribution in [2.75, 3.05) is 0 Å². The van der Waals surface area contributed by atoms with E-state index in [1.807, 2.05) is 6.07 Å². The van der Waals surface area contributed by atoms with Gasteiger partial charge in [-0.1, -0.05) is 41.1 Å². The number of carbonyl (C=O) groups excluding carboxylic acids is 1. The van der Waals surface area contributed by atoms with Crippen molar-refractivity contribution in [3.63, 3.8) is 0 Å². The summed E-state index contributed by atoms with van der Waals surface area (Å²) in [5, 5.41) is 4.01. The van der Waals surface area contributed by atoms with E-state index in [4.69, 9.17) is 11.6 Å². The van der Waals surface area contributed by atoms with Gasteiger partial charge in [-0.15, -0.1) is 0 Å². The number of para-hydroxylation sites is 1. The number of halogens is 2. The van der Waals surface area contributed by atoms with E-state index < -0.39 is 11.7 Å². The Kier molecular flexibility index (Phi) is 5.06. The number of aromatic nitrogens is 1. The number of amides is 1. The first-order valence-corrected chi connectivity index (χ1v) is 8.31. The van der Waals surface area contributed by atoms with Gasteiger partial charge in [0.1, 0.15) is 11.0 Å². The van der Waals surface area contributed by atoms with Gasteiger partial charge in [0, 0.05) is 5.56 Å². The molecule has 25 heavy (non-hydrogen) atoms. The maximum absolute atomic E-state index is 12.8. The van der Waals surface area contributed by atoms with E-state index in [9.17, 15) is 14.0 Å². The number of benzene rings is 2. The van der Waals surface area contributed by atoms with Gasteiger partial charge >= 0.3 is 4.87 Å². The van der Waals surface area contributed by atoms with Crippen LogP contribution in [0, 0.1) is 5.82 Å². The summed E-state index contributed by atoms with van der Waals surface area (Å²) in [7, 11) is 0. The summed E-state index contributed by atoms with van der Waals surface area (Å²) >= 11 is 7.15. The van der Waals surface area contributed by atoms with E-state index in [0.717, 1.165) is 11.3 Å². The molecule has 0 aliphatic rings. The van der Waals surface area contributed by atoms with Gasteiger partial charge in [0.25, 0.3) is 5.91 Å². The zero-order chi connectivity index (χ0) is 17.8. The normalized spacial score (nSPS) is 11.0. The Hall–Kier alpha value is -2.77. The lowest BCUT2D eigenvalue weighted by Crippen LogP contribution is -2.17. The minimum atomic E-state index is -0.498. The molecule has 0 spiro atoms. The third-order valence-corrected chi connectivity index (χ3v) is 4.61. The molecule has 0 unspecified atom stereocenters. The lowest BCUT2D eigenvalue weighted by Gasteiger charge is -2.02. The molecule has 0 bridgehead atoms. The molecule has 0 radical (unpaired) electrons. The van der Waals surface area contributed by atoms with E-state index in [-0.39, 0.29) is 15.6 Å². The van der Waals surface area contributed by atoms with Crippen molar-refractivity contribution in [2.24, 2.45) is 5.10 Å². The zero-order valence-electron chi connectivity index (χ0n) is 12.6. The first kappa shape index (κ1) is 17.1. The average molecular weight is 376 g/mol. The van der Waals surface area contributed by atoms with E-state index in [1.165, 1.54) is 35.0 Å². The number of nitrogens with zero attached hydrogens (tertiary/aromatic N) is 2. The van der Waals surface area contributed by atoms with E-state index in [0.29, 0.717) is 10.6 Å². The maximum Gasteiger partial charge on any atom is 0.313 e. The van der Waals surface area contributed by atoms with Crippen LogP contribution in [0.2, 0.25) is 5.15 Å².